The van der Waals surface area contributed by atoms with Crippen molar-refractivity contribution < 1.29 is 19.4 Å². The summed E-state index contributed by atoms with van der Waals surface area (Å²) in [4.78, 5) is 13.3. The quantitative estimate of drug-likeness (QED) is 0.671. The molecule has 0 fully saturated rings. The van der Waals surface area contributed by atoms with Crippen LogP contribution in [-0.4, -0.2) is 38.4 Å². The summed E-state index contributed by atoms with van der Waals surface area (Å²) in [6.07, 6.45) is 3.25. The highest BCUT2D eigenvalue weighted by atomic mass is 16.5. The monoisotopic (exact) mass is 309 g/mol. The van der Waals surface area contributed by atoms with Gasteiger partial charge >= 0.3 is 5.97 Å². The topological polar surface area (TPSA) is 59.0 Å². The lowest BCUT2D eigenvalue weighted by Crippen LogP contribution is -2.33. The highest BCUT2D eigenvalue weighted by Crippen LogP contribution is 2.33. The van der Waals surface area contributed by atoms with Crippen molar-refractivity contribution in [1.82, 2.24) is 0 Å². The Morgan fingerprint density at radius 2 is 2.00 bits per heavy atom. The van der Waals surface area contributed by atoms with Crippen LogP contribution in [-0.2, 0) is 4.79 Å². The average molecular weight is 309 g/mol. The van der Waals surface area contributed by atoms with E-state index in [0.29, 0.717) is 6.54 Å². The van der Waals surface area contributed by atoms with E-state index in [1.807, 2.05) is 18.2 Å². The second kappa shape index (κ2) is 9.18. The summed E-state index contributed by atoms with van der Waals surface area (Å²) in [5, 5.41) is 9.19. The van der Waals surface area contributed by atoms with Crippen LogP contribution in [0.15, 0.2) is 18.2 Å². The van der Waals surface area contributed by atoms with Gasteiger partial charge in [-0.1, -0.05) is 26.7 Å². The third-order valence-electron chi connectivity index (χ3n) is 3.67. The van der Waals surface area contributed by atoms with Crippen molar-refractivity contribution in [3.63, 3.8) is 0 Å². The Balaban J connectivity index is 3.04. The Labute approximate surface area is 132 Å². The summed E-state index contributed by atoms with van der Waals surface area (Å²) in [5.74, 6) is 0.231. The van der Waals surface area contributed by atoms with Gasteiger partial charge in [0, 0.05) is 19.2 Å². The Hall–Kier alpha value is -1.91. The van der Waals surface area contributed by atoms with E-state index in [9.17, 15) is 9.90 Å². The van der Waals surface area contributed by atoms with Crippen LogP contribution in [0.4, 0.5) is 5.69 Å². The molecule has 0 aliphatic rings. The Kier molecular flexibility index (Phi) is 7.57. The van der Waals surface area contributed by atoms with Gasteiger partial charge in [-0.05, 0) is 18.6 Å². The Bertz CT molecular complexity index is 476. The number of hydrogen-bond acceptors (Lipinski definition) is 4. The molecule has 1 N–H and O–H groups in total. The van der Waals surface area contributed by atoms with Crippen molar-refractivity contribution >= 4 is 11.7 Å². The highest BCUT2D eigenvalue weighted by Gasteiger charge is 2.19. The van der Waals surface area contributed by atoms with Gasteiger partial charge < -0.3 is 19.5 Å². The largest absolute Gasteiger partial charge is 0.497 e. The van der Waals surface area contributed by atoms with Crippen LogP contribution in [0.2, 0.25) is 0 Å². The van der Waals surface area contributed by atoms with Crippen molar-refractivity contribution in [2.24, 2.45) is 5.92 Å². The molecule has 1 rings (SSSR count). The van der Waals surface area contributed by atoms with Crippen LogP contribution < -0.4 is 14.4 Å². The van der Waals surface area contributed by atoms with Gasteiger partial charge in [-0.15, -0.1) is 0 Å². The molecule has 0 heterocycles. The van der Waals surface area contributed by atoms with E-state index in [1.54, 1.807) is 21.1 Å². The molecule has 124 valence electrons. The molecular formula is C17H27NO4. The molecule has 0 aliphatic heterocycles. The van der Waals surface area contributed by atoms with Gasteiger partial charge in [-0.3, -0.25) is 4.79 Å². The van der Waals surface area contributed by atoms with Crippen LogP contribution in [0, 0.1) is 5.92 Å². The molecule has 0 aliphatic carbocycles. The number of benzene rings is 1. The number of aliphatic carboxylic acids is 1. The van der Waals surface area contributed by atoms with Gasteiger partial charge in [-0.2, -0.15) is 0 Å². The first kappa shape index (κ1) is 18.1. The number of rotatable bonds is 10. The zero-order valence-corrected chi connectivity index (χ0v) is 14.0. The smallest absolute Gasteiger partial charge is 0.308 e. The van der Waals surface area contributed by atoms with E-state index < -0.39 is 11.9 Å². The number of nitrogens with zero attached hydrogens (tertiary/aromatic N) is 1. The van der Waals surface area contributed by atoms with Crippen LogP contribution in [0.1, 0.15) is 33.1 Å². The minimum atomic E-state index is -0.789. The summed E-state index contributed by atoms with van der Waals surface area (Å²) < 4.78 is 10.7. The van der Waals surface area contributed by atoms with E-state index in [2.05, 4.69) is 11.8 Å². The van der Waals surface area contributed by atoms with Gasteiger partial charge in [-0.25, -0.2) is 0 Å². The lowest BCUT2D eigenvalue weighted by Gasteiger charge is -2.28. The normalized spacial score (nSPS) is 11.8. The van der Waals surface area contributed by atoms with Gasteiger partial charge in [0.1, 0.15) is 11.5 Å². The minimum absolute atomic E-state index is 0.447. The van der Waals surface area contributed by atoms with Gasteiger partial charge in [0.15, 0.2) is 0 Å². The number of hydrogen-bond donors (Lipinski definition) is 1. The van der Waals surface area contributed by atoms with E-state index >= 15 is 0 Å². The third-order valence-corrected chi connectivity index (χ3v) is 3.67. The van der Waals surface area contributed by atoms with Crippen molar-refractivity contribution in [1.29, 1.82) is 0 Å². The molecular weight excluding hydrogens is 282 g/mol. The molecule has 0 aromatic heterocycles. The predicted octanol–water partition coefficient (Wildman–Crippen LogP) is 3.42. The number of ether oxygens (including phenoxy) is 2. The lowest BCUT2D eigenvalue weighted by molar-refractivity contribution is -0.140. The first-order chi connectivity index (χ1) is 10.5. The van der Waals surface area contributed by atoms with Gasteiger partial charge in [0.2, 0.25) is 0 Å². The van der Waals surface area contributed by atoms with Crippen molar-refractivity contribution in [2.75, 3.05) is 32.2 Å². The van der Waals surface area contributed by atoms with E-state index in [1.165, 1.54) is 0 Å². The summed E-state index contributed by atoms with van der Waals surface area (Å²) in [5.41, 5.74) is 0.881. The molecule has 0 saturated carbocycles. The second-order valence-electron chi connectivity index (χ2n) is 5.43. The first-order valence-electron chi connectivity index (χ1n) is 7.73. The molecule has 1 unspecified atom stereocenters. The number of unbranched alkanes of at least 4 members (excludes halogenated alkanes) is 2. The molecule has 1 aromatic carbocycles. The minimum Gasteiger partial charge on any atom is -0.497 e. The van der Waals surface area contributed by atoms with Crippen LogP contribution in [0.3, 0.4) is 0 Å². The molecule has 5 heteroatoms. The SMILES string of the molecule is CCCCCN(CC(C)C(=O)O)c1cc(OC)ccc1OC. The molecule has 1 atom stereocenters. The Morgan fingerprint density at radius 1 is 1.27 bits per heavy atom. The van der Waals surface area contributed by atoms with Gasteiger partial charge in [0.05, 0.1) is 25.8 Å². The maximum atomic E-state index is 11.2. The molecule has 0 bridgehead atoms. The summed E-state index contributed by atoms with van der Waals surface area (Å²) in [6, 6.07) is 5.60. The third kappa shape index (κ3) is 5.13. The Morgan fingerprint density at radius 3 is 2.55 bits per heavy atom. The number of carboxylic acids is 1. The molecule has 22 heavy (non-hydrogen) atoms. The predicted molar refractivity (Wildman–Crippen MR) is 88.1 cm³/mol. The first-order valence-corrected chi connectivity index (χ1v) is 7.73. The maximum absolute atomic E-state index is 11.2. The van der Waals surface area contributed by atoms with E-state index in [4.69, 9.17) is 9.47 Å². The average Bonchev–Trinajstić information content (AvgIpc) is 2.53. The second-order valence-corrected chi connectivity index (χ2v) is 5.43. The van der Waals surface area contributed by atoms with Crippen molar-refractivity contribution in [3.8, 4) is 11.5 Å². The van der Waals surface area contributed by atoms with E-state index in [0.717, 1.165) is 43.0 Å². The number of carbonyl (C=O) groups is 1. The highest BCUT2D eigenvalue weighted by molar-refractivity contribution is 5.71. The number of anilines is 1. The standard InChI is InChI=1S/C17H27NO4/c1-5-6-7-10-18(12-13(2)17(19)20)15-11-14(21-3)8-9-16(15)22-4/h8-9,11,13H,5-7,10,12H2,1-4H3,(H,19,20). The molecule has 0 saturated heterocycles. The summed E-state index contributed by atoms with van der Waals surface area (Å²) >= 11 is 0. The van der Waals surface area contributed by atoms with E-state index in [-0.39, 0.29) is 0 Å². The van der Waals surface area contributed by atoms with Crippen molar-refractivity contribution in [3.05, 3.63) is 18.2 Å². The fraction of sp³-hybridized carbons (Fsp3) is 0.588. The van der Waals surface area contributed by atoms with Gasteiger partial charge in [0.25, 0.3) is 0 Å². The zero-order valence-electron chi connectivity index (χ0n) is 14.0. The molecule has 0 amide bonds. The fourth-order valence-corrected chi connectivity index (χ4v) is 2.32. The molecule has 0 radical (unpaired) electrons. The summed E-state index contributed by atoms with van der Waals surface area (Å²) in [6.45, 7) is 5.12. The van der Waals surface area contributed by atoms with Crippen LogP contribution in [0.5, 0.6) is 11.5 Å². The lowest BCUT2D eigenvalue weighted by atomic mass is 10.1. The maximum Gasteiger partial charge on any atom is 0.308 e. The van der Waals surface area contributed by atoms with Crippen molar-refractivity contribution in [2.45, 2.75) is 33.1 Å². The summed E-state index contributed by atoms with van der Waals surface area (Å²) in [7, 11) is 3.24. The fourth-order valence-electron chi connectivity index (χ4n) is 2.32. The molecule has 5 nitrogen and oxygen atoms in total. The number of methoxy groups -OCH3 is 2. The van der Waals surface area contributed by atoms with Crippen LogP contribution in [0.25, 0.3) is 0 Å². The molecule has 1 aromatic rings. The number of carboxylic acid groups (broad SMARTS) is 1. The van der Waals surface area contributed by atoms with Crippen LogP contribution >= 0.6 is 0 Å². The zero-order chi connectivity index (χ0) is 16.5. The molecule has 0 spiro atoms.